The number of aryl methyl sites for hydroxylation is 1. The summed E-state index contributed by atoms with van der Waals surface area (Å²) in [6.45, 7) is 5.98. The van der Waals surface area contributed by atoms with Gasteiger partial charge in [0.1, 0.15) is 31.0 Å². The first-order chi connectivity index (χ1) is 28.5. The number of nitrogens with one attached hydrogen (secondary N) is 2. The number of hydrogen-bond donors (Lipinski definition) is 3. The van der Waals surface area contributed by atoms with Crippen LogP contribution in [0.25, 0.3) is 11.1 Å². The highest BCUT2D eigenvalue weighted by atomic mass is 35.5. The Morgan fingerprint density at radius 2 is 1.71 bits per heavy atom. The van der Waals surface area contributed by atoms with Crippen molar-refractivity contribution in [1.29, 1.82) is 0 Å². The standard InChI is InChI=1S/C46H44Cl2N4O7/c1-26-27(2)50-16-14-36(26)30-6-3-28(4-7-30)18-39(46(55)56)51-44(53)40-19-33-20-41-42(21-34(33)23-52(40)45(54)32-13-15-49-22-32)59-43(25-58-41)31-8-10-35(11-9-31)57-24-29-5-12-37(47)38(48)17-29/h3-12,14,16-17,20-21,32,39-40,43,49H,13,15,18-19,22-25H2,1-2H3,(H,51,53)(H,55,56)/t32?,39-,40-,43+/m0/s1. The maximum atomic E-state index is 14.1. The summed E-state index contributed by atoms with van der Waals surface area (Å²) in [4.78, 5) is 46.7. The topological polar surface area (TPSA) is 139 Å². The molecule has 0 aliphatic carbocycles. The molecular weight excluding hydrogens is 791 g/mol. The van der Waals surface area contributed by atoms with Crippen LogP contribution in [-0.4, -0.2) is 64.6 Å². The predicted octanol–water partition coefficient (Wildman–Crippen LogP) is 7.44. The van der Waals surface area contributed by atoms with Crippen LogP contribution >= 0.6 is 23.2 Å². The van der Waals surface area contributed by atoms with E-state index < -0.39 is 24.0 Å². The Labute approximate surface area is 352 Å². The van der Waals surface area contributed by atoms with Crippen molar-refractivity contribution < 1.29 is 33.7 Å². The lowest BCUT2D eigenvalue weighted by atomic mass is 9.90. The number of fused-ring (bicyclic) bond motifs is 2. The van der Waals surface area contributed by atoms with E-state index in [1.54, 1.807) is 23.2 Å². The van der Waals surface area contributed by atoms with E-state index in [-0.39, 0.29) is 43.9 Å². The van der Waals surface area contributed by atoms with Gasteiger partial charge in [-0.1, -0.05) is 65.7 Å². The van der Waals surface area contributed by atoms with Crippen molar-refractivity contribution in [2.75, 3.05) is 19.7 Å². The molecule has 4 atom stereocenters. The van der Waals surface area contributed by atoms with Gasteiger partial charge in [0, 0.05) is 37.8 Å². The number of carbonyl (C=O) groups is 3. The van der Waals surface area contributed by atoms with Gasteiger partial charge in [0.25, 0.3) is 0 Å². The Hall–Kier alpha value is -5.62. The summed E-state index contributed by atoms with van der Waals surface area (Å²) in [7, 11) is 0. The highest BCUT2D eigenvalue weighted by molar-refractivity contribution is 6.42. The normalized spacial score (nSPS) is 18.8. The van der Waals surface area contributed by atoms with E-state index >= 15 is 0 Å². The monoisotopic (exact) mass is 834 g/mol. The molecule has 1 aromatic heterocycles. The van der Waals surface area contributed by atoms with Crippen LogP contribution in [0.2, 0.25) is 10.0 Å². The predicted molar refractivity (Wildman–Crippen MR) is 224 cm³/mol. The molecule has 8 rings (SSSR count). The second kappa shape index (κ2) is 17.3. The molecule has 304 valence electrons. The molecule has 0 spiro atoms. The van der Waals surface area contributed by atoms with E-state index in [4.69, 9.17) is 37.4 Å². The van der Waals surface area contributed by atoms with E-state index in [9.17, 15) is 19.5 Å². The number of carboxylic acids is 1. The quantitative estimate of drug-likeness (QED) is 0.124. The summed E-state index contributed by atoms with van der Waals surface area (Å²) in [5, 5.41) is 17.3. The number of halogens is 2. The molecule has 1 fully saturated rings. The van der Waals surface area contributed by atoms with E-state index in [0.717, 1.165) is 50.2 Å². The number of rotatable bonds is 11. The summed E-state index contributed by atoms with van der Waals surface area (Å²) in [6.07, 6.45) is 2.32. The van der Waals surface area contributed by atoms with E-state index in [0.29, 0.717) is 53.4 Å². The van der Waals surface area contributed by atoms with E-state index in [2.05, 4.69) is 15.6 Å². The molecule has 13 heteroatoms. The average Bonchev–Trinajstić information content (AvgIpc) is 3.79. The summed E-state index contributed by atoms with van der Waals surface area (Å²) >= 11 is 12.2. The second-order valence-electron chi connectivity index (χ2n) is 15.3. The average molecular weight is 836 g/mol. The highest BCUT2D eigenvalue weighted by Gasteiger charge is 2.40. The molecule has 3 N–H and O–H groups in total. The number of carbonyl (C=O) groups excluding carboxylic acids is 2. The molecule has 4 aromatic carbocycles. The third-order valence-corrected chi connectivity index (χ3v) is 12.2. The zero-order chi connectivity index (χ0) is 41.2. The van der Waals surface area contributed by atoms with Crippen LogP contribution in [0.3, 0.4) is 0 Å². The largest absolute Gasteiger partial charge is 0.489 e. The van der Waals surface area contributed by atoms with Crippen molar-refractivity contribution in [3.8, 4) is 28.4 Å². The van der Waals surface area contributed by atoms with Gasteiger partial charge in [0.15, 0.2) is 17.6 Å². The molecule has 0 radical (unpaired) electrons. The van der Waals surface area contributed by atoms with Gasteiger partial charge in [-0.15, -0.1) is 0 Å². The maximum Gasteiger partial charge on any atom is 0.326 e. The summed E-state index contributed by atoms with van der Waals surface area (Å²) in [5.41, 5.74) is 8.31. The molecule has 5 aromatic rings. The minimum absolute atomic E-state index is 0.0772. The Morgan fingerprint density at radius 1 is 0.949 bits per heavy atom. The summed E-state index contributed by atoms with van der Waals surface area (Å²) < 4.78 is 18.7. The number of ether oxygens (including phenoxy) is 3. The van der Waals surface area contributed by atoms with Gasteiger partial charge in [0.05, 0.1) is 16.0 Å². The van der Waals surface area contributed by atoms with Crippen LogP contribution in [0.1, 0.15) is 51.6 Å². The minimum Gasteiger partial charge on any atom is -0.489 e. The first-order valence-electron chi connectivity index (χ1n) is 19.7. The molecule has 3 aliphatic heterocycles. The van der Waals surface area contributed by atoms with Crippen LogP contribution < -0.4 is 24.8 Å². The Kier molecular flexibility index (Phi) is 11.8. The van der Waals surface area contributed by atoms with Gasteiger partial charge in [-0.05, 0) is 114 Å². The van der Waals surface area contributed by atoms with Crippen LogP contribution in [0.5, 0.6) is 17.2 Å². The number of hydrogen-bond acceptors (Lipinski definition) is 8. The van der Waals surface area contributed by atoms with Crippen molar-refractivity contribution in [2.45, 2.75) is 64.4 Å². The SMILES string of the molecule is Cc1nccc(-c2ccc(C[C@H](NC(=O)[C@@H]3Cc4cc5c(cc4CN3C(=O)C3CCNC3)O[C@@H](c3ccc(OCc4ccc(Cl)c(Cl)c4)cc3)CO5)C(=O)O)cc2)c1C. The lowest BCUT2D eigenvalue weighted by molar-refractivity contribution is -0.147. The van der Waals surface area contributed by atoms with Crippen molar-refractivity contribution in [1.82, 2.24) is 20.5 Å². The molecule has 0 saturated carbocycles. The lowest BCUT2D eigenvalue weighted by Gasteiger charge is -2.38. The van der Waals surface area contributed by atoms with Gasteiger partial charge in [0.2, 0.25) is 11.8 Å². The first-order valence-corrected chi connectivity index (χ1v) is 20.4. The molecule has 4 heterocycles. The Balaban J connectivity index is 0.964. The zero-order valence-corrected chi connectivity index (χ0v) is 34.2. The summed E-state index contributed by atoms with van der Waals surface area (Å²) in [5.74, 6) is -0.321. The van der Waals surface area contributed by atoms with Gasteiger partial charge < -0.3 is 34.9 Å². The van der Waals surface area contributed by atoms with Crippen LogP contribution in [-0.2, 0) is 40.4 Å². The Bertz CT molecular complexity index is 2380. The highest BCUT2D eigenvalue weighted by Crippen LogP contribution is 2.41. The molecule has 1 saturated heterocycles. The molecule has 59 heavy (non-hydrogen) atoms. The number of pyridine rings is 1. The second-order valence-corrected chi connectivity index (χ2v) is 16.2. The number of benzene rings is 4. The molecule has 11 nitrogen and oxygen atoms in total. The number of nitrogens with zero attached hydrogens (tertiary/aromatic N) is 2. The van der Waals surface area contributed by atoms with E-state index in [1.165, 1.54) is 0 Å². The van der Waals surface area contributed by atoms with Crippen LogP contribution in [0.4, 0.5) is 0 Å². The van der Waals surface area contributed by atoms with Crippen LogP contribution in [0.15, 0.2) is 91.1 Å². The third-order valence-electron chi connectivity index (χ3n) is 11.5. The first kappa shape index (κ1) is 40.2. The fourth-order valence-corrected chi connectivity index (χ4v) is 8.25. The fraction of sp³-hybridized carbons (Fsp3) is 0.304. The molecule has 0 bridgehead atoms. The van der Waals surface area contributed by atoms with E-state index in [1.807, 2.05) is 86.6 Å². The number of carboxylic acid groups (broad SMARTS) is 1. The zero-order valence-electron chi connectivity index (χ0n) is 32.7. The molecular formula is C46H44Cl2N4O7. The summed E-state index contributed by atoms with van der Waals surface area (Å²) in [6, 6.07) is 24.3. The Morgan fingerprint density at radius 3 is 2.44 bits per heavy atom. The molecule has 2 amide bonds. The van der Waals surface area contributed by atoms with Gasteiger partial charge in [-0.25, -0.2) is 4.79 Å². The number of aromatic nitrogens is 1. The maximum absolute atomic E-state index is 14.1. The molecule has 3 aliphatic rings. The fourth-order valence-electron chi connectivity index (χ4n) is 7.93. The number of amides is 2. The third kappa shape index (κ3) is 8.88. The smallest absolute Gasteiger partial charge is 0.326 e. The minimum atomic E-state index is -1.20. The van der Waals surface area contributed by atoms with Crippen molar-refractivity contribution in [2.24, 2.45) is 5.92 Å². The van der Waals surface area contributed by atoms with Crippen LogP contribution in [0, 0.1) is 19.8 Å². The van der Waals surface area contributed by atoms with Gasteiger partial charge >= 0.3 is 5.97 Å². The lowest BCUT2D eigenvalue weighted by Crippen LogP contribution is -2.57. The van der Waals surface area contributed by atoms with Crippen molar-refractivity contribution in [3.05, 3.63) is 140 Å². The van der Waals surface area contributed by atoms with Crippen molar-refractivity contribution in [3.63, 3.8) is 0 Å². The van der Waals surface area contributed by atoms with Crippen molar-refractivity contribution >= 4 is 41.0 Å². The van der Waals surface area contributed by atoms with Gasteiger partial charge in [-0.2, -0.15) is 0 Å². The molecule has 1 unspecified atom stereocenters. The number of aliphatic carboxylic acids is 1. The van der Waals surface area contributed by atoms with Gasteiger partial charge in [-0.3, -0.25) is 14.6 Å².